The van der Waals surface area contributed by atoms with E-state index in [0.717, 1.165) is 44.5 Å². The second kappa shape index (κ2) is 8.89. The van der Waals surface area contributed by atoms with Crippen molar-refractivity contribution in [3.63, 3.8) is 0 Å². The summed E-state index contributed by atoms with van der Waals surface area (Å²) >= 11 is 0. The van der Waals surface area contributed by atoms with E-state index in [0.29, 0.717) is 12.5 Å². The topological polar surface area (TPSA) is 41.6 Å². The zero-order valence-electron chi connectivity index (χ0n) is 16.6. The predicted octanol–water partition coefficient (Wildman–Crippen LogP) is 3.72. The van der Waals surface area contributed by atoms with Gasteiger partial charge in [0, 0.05) is 13.1 Å². The van der Waals surface area contributed by atoms with Crippen molar-refractivity contribution in [3.8, 4) is 0 Å². The molecule has 4 nitrogen and oxygen atoms in total. The first-order valence-electron chi connectivity index (χ1n) is 10.5. The molecule has 0 aromatic heterocycles. The Balaban J connectivity index is 1.44. The molecule has 0 amide bonds. The van der Waals surface area contributed by atoms with Crippen molar-refractivity contribution in [2.75, 3.05) is 19.6 Å². The molecule has 148 valence electrons. The number of benzene rings is 2. The van der Waals surface area contributed by atoms with Crippen LogP contribution in [0.15, 0.2) is 54.6 Å². The van der Waals surface area contributed by atoms with Gasteiger partial charge in [-0.15, -0.1) is 0 Å². The lowest BCUT2D eigenvalue weighted by Gasteiger charge is -2.44. The molecule has 0 aliphatic carbocycles. The summed E-state index contributed by atoms with van der Waals surface area (Å²) in [5.74, 6) is 0.363. The second-order valence-electron chi connectivity index (χ2n) is 8.01. The van der Waals surface area contributed by atoms with Gasteiger partial charge in [-0.2, -0.15) is 0 Å². The van der Waals surface area contributed by atoms with E-state index in [2.05, 4.69) is 41.4 Å². The van der Waals surface area contributed by atoms with Crippen molar-refractivity contribution < 1.29 is 9.53 Å². The smallest absolute Gasteiger partial charge is 0.328 e. The summed E-state index contributed by atoms with van der Waals surface area (Å²) in [6, 6.07) is 18.0. The van der Waals surface area contributed by atoms with E-state index in [1.807, 2.05) is 30.3 Å². The fraction of sp³-hybridized carbons (Fsp3) is 0.458. The number of nitrogens with zero attached hydrogens (tertiary/aromatic N) is 1. The fourth-order valence-corrected chi connectivity index (χ4v) is 4.36. The van der Waals surface area contributed by atoms with Crippen molar-refractivity contribution >= 4 is 5.97 Å². The lowest BCUT2D eigenvalue weighted by atomic mass is 9.86. The molecule has 3 saturated heterocycles. The highest BCUT2D eigenvalue weighted by molar-refractivity contribution is 5.78. The van der Waals surface area contributed by atoms with Crippen LogP contribution in [0.4, 0.5) is 0 Å². The molecule has 3 heterocycles. The summed E-state index contributed by atoms with van der Waals surface area (Å²) in [5, 5.41) is 3.44. The van der Waals surface area contributed by atoms with E-state index >= 15 is 0 Å². The molecule has 3 aliphatic heterocycles. The maximum atomic E-state index is 13.1. The summed E-state index contributed by atoms with van der Waals surface area (Å²) < 4.78 is 6.02. The third kappa shape index (κ3) is 4.45. The number of fused-ring (bicyclic) bond motifs is 3. The minimum absolute atomic E-state index is 0.0341. The van der Waals surface area contributed by atoms with E-state index in [1.54, 1.807) is 0 Å². The highest BCUT2D eigenvalue weighted by Crippen LogP contribution is 2.30. The normalized spacial score (nSPS) is 24.7. The highest BCUT2D eigenvalue weighted by Gasteiger charge is 2.37. The molecular weight excluding hydrogens is 348 g/mol. The van der Waals surface area contributed by atoms with Crippen molar-refractivity contribution in [3.05, 3.63) is 71.3 Å². The molecule has 3 fully saturated rings. The molecule has 0 spiro atoms. The Hall–Kier alpha value is -2.17. The highest BCUT2D eigenvalue weighted by atomic mass is 16.5. The number of esters is 1. The Morgan fingerprint density at radius 1 is 1.07 bits per heavy atom. The molecule has 2 aromatic carbocycles. The number of carbonyl (C=O) groups is 1. The molecule has 2 atom stereocenters. The number of carbonyl (C=O) groups excluding carboxylic acids is 1. The van der Waals surface area contributed by atoms with Gasteiger partial charge in [0.05, 0.1) is 0 Å². The molecule has 2 aromatic rings. The lowest BCUT2D eigenvalue weighted by Crippen LogP contribution is -2.52. The SMILES string of the molecule is CCc1ccc(CNC(C(=O)O[C@H]2CN3CCC2CC3)c2ccccc2)cc1. The van der Waals surface area contributed by atoms with Gasteiger partial charge in [-0.05, 0) is 55.0 Å². The Morgan fingerprint density at radius 3 is 2.36 bits per heavy atom. The summed E-state index contributed by atoms with van der Waals surface area (Å²) in [6.07, 6.45) is 3.36. The molecule has 3 aliphatic rings. The first kappa shape index (κ1) is 19.2. The summed E-state index contributed by atoms with van der Waals surface area (Å²) in [7, 11) is 0. The van der Waals surface area contributed by atoms with Crippen LogP contribution in [0.1, 0.15) is 42.5 Å². The van der Waals surface area contributed by atoms with Gasteiger partial charge in [0.25, 0.3) is 0 Å². The fourth-order valence-electron chi connectivity index (χ4n) is 4.36. The van der Waals surface area contributed by atoms with Crippen LogP contribution < -0.4 is 5.32 Å². The third-order valence-electron chi connectivity index (χ3n) is 6.17. The van der Waals surface area contributed by atoms with Crippen molar-refractivity contribution in [1.29, 1.82) is 0 Å². The van der Waals surface area contributed by atoms with Gasteiger partial charge < -0.3 is 4.74 Å². The zero-order valence-corrected chi connectivity index (χ0v) is 16.6. The Morgan fingerprint density at radius 2 is 1.75 bits per heavy atom. The quantitative estimate of drug-likeness (QED) is 0.746. The average molecular weight is 379 g/mol. The van der Waals surface area contributed by atoms with Crippen LogP contribution in [-0.2, 0) is 22.5 Å². The third-order valence-corrected chi connectivity index (χ3v) is 6.17. The van der Waals surface area contributed by atoms with Gasteiger partial charge in [-0.25, -0.2) is 4.79 Å². The van der Waals surface area contributed by atoms with E-state index in [9.17, 15) is 4.79 Å². The number of nitrogens with one attached hydrogen (secondary N) is 1. The van der Waals surface area contributed by atoms with Crippen LogP contribution in [0.5, 0.6) is 0 Å². The predicted molar refractivity (Wildman–Crippen MR) is 111 cm³/mol. The van der Waals surface area contributed by atoms with Gasteiger partial charge in [-0.1, -0.05) is 61.5 Å². The van der Waals surface area contributed by atoms with Gasteiger partial charge in [0.15, 0.2) is 0 Å². The number of aryl methyl sites for hydroxylation is 1. The minimum atomic E-state index is -0.442. The van der Waals surface area contributed by atoms with Crippen molar-refractivity contribution in [2.45, 2.75) is 44.9 Å². The first-order valence-corrected chi connectivity index (χ1v) is 10.5. The van der Waals surface area contributed by atoms with Crippen LogP contribution >= 0.6 is 0 Å². The molecule has 0 saturated carbocycles. The molecule has 2 bridgehead atoms. The van der Waals surface area contributed by atoms with Gasteiger partial charge >= 0.3 is 5.97 Å². The molecular formula is C24H30N2O2. The van der Waals surface area contributed by atoms with E-state index < -0.39 is 6.04 Å². The molecule has 28 heavy (non-hydrogen) atoms. The van der Waals surface area contributed by atoms with Gasteiger partial charge in [-0.3, -0.25) is 10.2 Å². The van der Waals surface area contributed by atoms with Crippen LogP contribution in [0.3, 0.4) is 0 Å². The number of hydrogen-bond acceptors (Lipinski definition) is 4. The Bertz CT molecular complexity index is 767. The van der Waals surface area contributed by atoms with E-state index in [1.165, 1.54) is 11.1 Å². The van der Waals surface area contributed by atoms with Crippen LogP contribution in [0.2, 0.25) is 0 Å². The largest absolute Gasteiger partial charge is 0.459 e. The standard InChI is InChI=1S/C24H30N2O2/c1-2-18-8-10-19(11-9-18)16-25-23(21-6-4-3-5-7-21)24(27)28-22-17-26-14-12-20(22)13-15-26/h3-11,20,22-23,25H,2,12-17H2,1H3/t22-,23?/m0/s1. The number of ether oxygens (including phenoxy) is 1. The number of piperidine rings is 3. The summed E-state index contributed by atoms with van der Waals surface area (Å²) in [6.45, 7) is 5.97. The monoisotopic (exact) mass is 378 g/mol. The van der Waals surface area contributed by atoms with Gasteiger partial charge in [0.1, 0.15) is 12.1 Å². The molecule has 1 N–H and O–H groups in total. The Labute approximate surface area is 167 Å². The van der Waals surface area contributed by atoms with Crippen molar-refractivity contribution in [2.24, 2.45) is 5.92 Å². The van der Waals surface area contributed by atoms with Crippen LogP contribution in [0.25, 0.3) is 0 Å². The average Bonchev–Trinajstić information content (AvgIpc) is 2.76. The second-order valence-corrected chi connectivity index (χ2v) is 8.01. The Kier molecular flexibility index (Phi) is 6.08. The van der Waals surface area contributed by atoms with Crippen LogP contribution in [-0.4, -0.2) is 36.6 Å². The van der Waals surface area contributed by atoms with Crippen molar-refractivity contribution in [1.82, 2.24) is 10.2 Å². The molecule has 4 heteroatoms. The summed E-state index contributed by atoms with van der Waals surface area (Å²) in [4.78, 5) is 15.5. The zero-order chi connectivity index (χ0) is 19.3. The molecule has 0 radical (unpaired) electrons. The molecule has 5 rings (SSSR count). The first-order chi connectivity index (χ1) is 13.7. The maximum Gasteiger partial charge on any atom is 0.328 e. The molecule has 1 unspecified atom stereocenters. The van der Waals surface area contributed by atoms with Crippen LogP contribution in [0, 0.1) is 5.92 Å². The van der Waals surface area contributed by atoms with E-state index in [-0.39, 0.29) is 12.1 Å². The lowest BCUT2D eigenvalue weighted by molar-refractivity contribution is -0.161. The number of rotatable bonds is 7. The number of hydrogen-bond donors (Lipinski definition) is 1. The van der Waals surface area contributed by atoms with Gasteiger partial charge in [0.2, 0.25) is 0 Å². The summed E-state index contributed by atoms with van der Waals surface area (Å²) in [5.41, 5.74) is 3.46. The minimum Gasteiger partial charge on any atom is -0.459 e. The van der Waals surface area contributed by atoms with E-state index in [4.69, 9.17) is 4.74 Å². The maximum absolute atomic E-state index is 13.1.